The van der Waals surface area contributed by atoms with E-state index in [1.165, 1.54) is 6.07 Å². The van der Waals surface area contributed by atoms with Crippen LogP contribution in [0.3, 0.4) is 0 Å². The predicted octanol–water partition coefficient (Wildman–Crippen LogP) is 1.88. The van der Waals surface area contributed by atoms with Crippen molar-refractivity contribution in [2.75, 3.05) is 6.61 Å². The van der Waals surface area contributed by atoms with E-state index in [4.69, 9.17) is 10.7 Å². The zero-order valence-electron chi connectivity index (χ0n) is 9.42. The summed E-state index contributed by atoms with van der Waals surface area (Å²) in [4.78, 5) is 10.2. The largest absolute Gasteiger partial charge is 0.788 e. The monoisotopic (exact) mass is 423 g/mol. The average Bonchev–Trinajstić information content (AvgIpc) is 1.87. The second-order valence-corrected chi connectivity index (χ2v) is 1.18. The van der Waals surface area contributed by atoms with Crippen LogP contribution in [0.1, 0.15) is 6.92 Å². The van der Waals surface area contributed by atoms with Crippen molar-refractivity contribution in [3.63, 3.8) is 0 Å². The molecule has 0 bridgehead atoms. The summed E-state index contributed by atoms with van der Waals surface area (Å²) < 4.78 is 4.25. The molecule has 0 N–H and O–H groups in total. The Bertz CT molecular complexity index is 176. The number of carbonyl (C=O) groups is 1. The van der Waals surface area contributed by atoms with Gasteiger partial charge in [0.1, 0.15) is 0 Å². The number of rotatable bonds is 2. The molecule has 84 valence electrons. The fourth-order valence-electron chi connectivity index (χ4n) is 0.245. The summed E-state index contributed by atoms with van der Waals surface area (Å²) in [5.41, 5.74) is -0.906. The van der Waals surface area contributed by atoms with Crippen LogP contribution in [0.4, 0.5) is 0 Å². The molecule has 0 aliphatic rings. The topological polar surface area (TPSA) is 72.4 Å². The quantitative estimate of drug-likeness (QED) is 0.387. The van der Waals surface area contributed by atoms with Crippen LogP contribution in [-0.2, 0) is 9.53 Å². The molecule has 0 aromatic carbocycles. The fourth-order valence-corrected chi connectivity index (χ4v) is 0.245. The molecule has 0 atom stereocenters. The maximum atomic E-state index is 10.2. The first-order valence-electron chi connectivity index (χ1n) is 2.35. The Morgan fingerprint density at radius 2 is 1.71 bits per heavy atom. The van der Waals surface area contributed by atoms with Crippen molar-refractivity contribution in [3.8, 4) is 6.07 Å². The summed E-state index contributed by atoms with van der Waals surface area (Å²) in [7, 11) is 0. The Labute approximate surface area is 112 Å². The van der Waals surface area contributed by atoms with E-state index < -0.39 is 11.7 Å². The maximum Gasteiger partial charge on any atom is 0.324 e. The van der Waals surface area contributed by atoms with Gasteiger partial charge in [0.25, 0.3) is 0 Å². The number of carbonyl (C=O) groups excluding carboxylic acids is 1. The van der Waals surface area contributed by atoms with Crippen LogP contribution >= 0.6 is 0 Å². The van der Waals surface area contributed by atoms with Gasteiger partial charge in [-0.25, -0.2) is 4.79 Å². The van der Waals surface area contributed by atoms with E-state index in [0.29, 0.717) is 0 Å². The first kappa shape index (κ1) is 37.3. The van der Waals surface area contributed by atoms with Gasteiger partial charge in [-0.2, -0.15) is 5.26 Å². The van der Waals surface area contributed by atoms with Gasteiger partial charge in [0.05, 0.1) is 12.7 Å². The predicted molar refractivity (Wildman–Crippen MR) is 56.3 cm³/mol. The van der Waals surface area contributed by atoms with E-state index in [9.17, 15) is 4.79 Å². The van der Waals surface area contributed by atoms with Crippen LogP contribution in [0.2, 0.25) is 0 Å². The van der Waals surface area contributed by atoms with Crippen molar-refractivity contribution in [1.82, 2.24) is 0 Å². The van der Waals surface area contributed by atoms with E-state index in [0.717, 1.165) is 0 Å². The van der Waals surface area contributed by atoms with E-state index in [1.54, 1.807) is 6.92 Å². The minimum absolute atomic E-state index is 0. The van der Waals surface area contributed by atoms with Crippen molar-refractivity contribution >= 4 is 11.7 Å². The molecule has 0 saturated carbocycles. The molecule has 0 unspecified atom stereocenters. The van der Waals surface area contributed by atoms with Gasteiger partial charge in [-0.3, -0.25) is 0 Å². The third kappa shape index (κ3) is 17.7. The molecule has 0 aliphatic carbocycles. The molecule has 0 spiro atoms. The summed E-state index contributed by atoms with van der Waals surface area (Å²) in [5.74, 6) is -0.972. The van der Waals surface area contributed by atoms with E-state index in [1.807, 2.05) is 0 Å². The van der Waals surface area contributed by atoms with Crippen molar-refractivity contribution in [1.29, 1.82) is 5.26 Å². The van der Waals surface area contributed by atoms with Crippen molar-refractivity contribution in [3.05, 3.63) is 35.1 Å². The molecular weight excluding hydrogens is 406 g/mol. The zero-order valence-corrected chi connectivity index (χ0v) is 13.6. The summed E-state index contributed by atoms with van der Waals surface area (Å²) >= 11 is 0. The minimum Gasteiger partial charge on any atom is -0.788 e. The van der Waals surface area contributed by atoms with Crippen LogP contribution in [0, 0.1) is 72.2 Å². The van der Waals surface area contributed by atoms with Crippen LogP contribution in [-0.4, -0.2) is 18.3 Å². The van der Waals surface area contributed by atoms with Gasteiger partial charge in [-0.05, 0) is 6.92 Å². The van der Waals surface area contributed by atoms with Gasteiger partial charge in [-0.1, -0.05) is 0 Å². The molecule has 0 rings (SSSR count). The number of esters is 1. The van der Waals surface area contributed by atoms with E-state index >= 15 is 0 Å². The van der Waals surface area contributed by atoms with Gasteiger partial charge in [0, 0.05) is 36.8 Å². The first-order valence-corrected chi connectivity index (χ1v) is 2.35. The van der Waals surface area contributed by atoms with Crippen LogP contribution in [0.25, 0.3) is 5.41 Å². The normalized spacial score (nSPS) is 4.86. The third-order valence-electron chi connectivity index (χ3n) is 0.575. The second kappa shape index (κ2) is 23.0. The van der Waals surface area contributed by atoms with Crippen molar-refractivity contribution in [2.24, 2.45) is 0 Å². The van der Waals surface area contributed by atoms with Crippen LogP contribution in [0.15, 0.2) is 0 Å². The molecule has 0 radical (unpaired) electrons. The Hall–Kier alpha value is -0.318. The van der Waals surface area contributed by atoms with Crippen molar-refractivity contribution in [2.45, 2.75) is 6.92 Å². The average molecular weight is 423 g/mol. The molecule has 0 aromatic rings. The maximum absolute atomic E-state index is 10.2. The number of nitrogens with zero attached hydrogens (tertiary/aromatic N) is 2. The molecule has 5 heteroatoms. The molecule has 0 heterocycles. The van der Waals surface area contributed by atoms with Gasteiger partial charge >= 0.3 is 5.97 Å². The molecule has 0 saturated heterocycles. The molecular formula is C9H17N2O2U-5. The Kier molecular flexibility index (Phi) is 61.2. The molecule has 0 aliphatic heterocycles. The summed E-state index contributed by atoms with van der Waals surface area (Å²) in [6.07, 6.45) is 0. The number of nitriles is 1. The SMILES string of the molecule is CCOC(=O)C(=[N-])C#N.[CH3-].[CH3-].[CH3-].[CH3-].[U]. The number of hydrogen-bond acceptors (Lipinski definition) is 3. The fraction of sp³-hybridized carbons (Fsp3) is 0.222. The van der Waals surface area contributed by atoms with E-state index in [2.05, 4.69) is 4.74 Å². The summed E-state index contributed by atoms with van der Waals surface area (Å²) in [6.45, 7) is 1.74. The molecule has 4 nitrogen and oxygen atoms in total. The summed E-state index contributed by atoms with van der Waals surface area (Å²) in [5, 5.41) is 16.2. The van der Waals surface area contributed by atoms with Crippen LogP contribution in [0.5, 0.6) is 0 Å². The number of hydrogen-bond donors (Lipinski definition) is 0. The Morgan fingerprint density at radius 3 is 1.93 bits per heavy atom. The molecule has 0 amide bonds. The number of ether oxygens (including phenoxy) is 1. The van der Waals surface area contributed by atoms with Gasteiger partial charge in [0.15, 0.2) is 0 Å². The smallest absolute Gasteiger partial charge is 0.324 e. The standard InChI is InChI=1S/C5H5N2O2.4CH3.U/c1-2-9-5(8)4(7)3-6;;;;;/h2H2,1H3;4*1H3;/q5*-1;. The van der Waals surface area contributed by atoms with Crippen LogP contribution < -0.4 is 0 Å². The van der Waals surface area contributed by atoms with Gasteiger partial charge in [0.2, 0.25) is 0 Å². The van der Waals surface area contributed by atoms with Gasteiger partial charge in [-0.15, -0.1) is 0 Å². The Morgan fingerprint density at radius 1 is 1.36 bits per heavy atom. The Balaban J connectivity index is -0.0000000320. The minimum atomic E-state index is -0.972. The molecule has 0 aromatic heterocycles. The van der Waals surface area contributed by atoms with Gasteiger partial charge < -0.3 is 39.9 Å². The summed E-state index contributed by atoms with van der Waals surface area (Å²) in [6, 6.07) is 1.25. The zero-order chi connectivity index (χ0) is 7.28. The third-order valence-corrected chi connectivity index (χ3v) is 0.575. The molecule has 0 fully saturated rings. The first-order chi connectivity index (χ1) is 4.22. The molecule has 14 heavy (non-hydrogen) atoms. The van der Waals surface area contributed by atoms with E-state index in [-0.39, 0.29) is 67.4 Å². The second-order valence-electron chi connectivity index (χ2n) is 1.18. The van der Waals surface area contributed by atoms with Crippen molar-refractivity contribution < 1.29 is 40.6 Å².